The number of halogens is 2. The molecule has 1 aliphatic heterocycles. The van der Waals surface area contributed by atoms with E-state index in [2.05, 4.69) is 20.1 Å². The van der Waals surface area contributed by atoms with Crippen LogP contribution in [0.2, 0.25) is 5.02 Å². The monoisotopic (exact) mass is 500 g/mol. The van der Waals surface area contributed by atoms with Gasteiger partial charge in [0, 0.05) is 53.5 Å². The second-order valence-electron chi connectivity index (χ2n) is 8.68. The summed E-state index contributed by atoms with van der Waals surface area (Å²) in [5.41, 5.74) is 4.93. The largest absolute Gasteiger partial charge is 0.385 e. The van der Waals surface area contributed by atoms with Gasteiger partial charge in [-0.15, -0.1) is 0 Å². The molecule has 2 atom stereocenters. The van der Waals surface area contributed by atoms with Crippen LogP contribution in [0.15, 0.2) is 84.4 Å². The van der Waals surface area contributed by atoms with E-state index in [1.807, 2.05) is 49.4 Å². The van der Waals surface area contributed by atoms with Gasteiger partial charge in [0.1, 0.15) is 5.82 Å². The van der Waals surface area contributed by atoms with E-state index in [0.29, 0.717) is 28.4 Å². The molecular weight excluding hydrogens is 479 g/mol. The van der Waals surface area contributed by atoms with Gasteiger partial charge in [0.05, 0.1) is 28.3 Å². The van der Waals surface area contributed by atoms with Gasteiger partial charge < -0.3 is 4.84 Å². The van der Waals surface area contributed by atoms with Crippen molar-refractivity contribution in [2.45, 2.75) is 31.8 Å². The molecule has 8 heteroatoms. The number of carbonyl (C=O) groups excluding carboxylic acids is 1. The highest BCUT2D eigenvalue weighted by Crippen LogP contribution is 2.31. The Balaban J connectivity index is 1.45. The van der Waals surface area contributed by atoms with Gasteiger partial charge in [0.15, 0.2) is 11.9 Å². The Kier molecular flexibility index (Phi) is 6.82. The molecule has 0 unspecified atom stereocenters. The van der Waals surface area contributed by atoms with Crippen molar-refractivity contribution >= 4 is 23.1 Å². The molecule has 5 rings (SSSR count). The first-order valence-electron chi connectivity index (χ1n) is 11.5. The Morgan fingerprint density at radius 3 is 2.64 bits per heavy atom. The van der Waals surface area contributed by atoms with Crippen LogP contribution in [-0.2, 0) is 4.84 Å². The number of rotatable bonds is 7. The summed E-state index contributed by atoms with van der Waals surface area (Å²) >= 11 is 6.03. The average molecular weight is 501 g/mol. The fraction of sp³-hybridized carbons (Fsp3) is 0.179. The third-order valence-electron chi connectivity index (χ3n) is 6.04. The maximum atomic E-state index is 13.4. The van der Waals surface area contributed by atoms with Crippen LogP contribution in [0, 0.1) is 5.82 Å². The van der Waals surface area contributed by atoms with Gasteiger partial charge >= 0.3 is 0 Å². The maximum absolute atomic E-state index is 13.4. The molecule has 0 spiro atoms. The minimum atomic E-state index is -0.409. The molecule has 36 heavy (non-hydrogen) atoms. The first kappa shape index (κ1) is 23.8. The van der Waals surface area contributed by atoms with Crippen LogP contribution in [0.4, 0.5) is 4.39 Å². The second kappa shape index (κ2) is 10.3. The molecule has 4 heterocycles. The van der Waals surface area contributed by atoms with Gasteiger partial charge in [-0.2, -0.15) is 0 Å². The van der Waals surface area contributed by atoms with E-state index in [0.717, 1.165) is 28.7 Å². The molecule has 0 radical (unpaired) electrons. The number of benzene rings is 1. The quantitative estimate of drug-likeness (QED) is 0.268. The smallest absolute Gasteiger partial charge is 0.174 e. The van der Waals surface area contributed by atoms with Gasteiger partial charge in [0.2, 0.25) is 0 Å². The second-order valence-corrected chi connectivity index (χ2v) is 9.12. The van der Waals surface area contributed by atoms with Gasteiger partial charge in [-0.25, -0.2) is 4.39 Å². The fourth-order valence-electron chi connectivity index (χ4n) is 4.10. The number of oxime groups is 1. The third kappa shape index (κ3) is 5.31. The molecule has 0 saturated carbocycles. The summed E-state index contributed by atoms with van der Waals surface area (Å²) in [5.74, 6) is -0.653. The highest BCUT2D eigenvalue weighted by molar-refractivity contribution is 6.30. The fourth-order valence-corrected chi connectivity index (χ4v) is 4.21. The normalized spacial score (nSPS) is 15.8. The Bertz CT molecular complexity index is 1410. The Morgan fingerprint density at radius 1 is 1.06 bits per heavy atom. The SMILES string of the molecule is C[C@@H](CC(=O)c1cc(C2=NO[C@H](c3ccccn3)C2)cc(-c2ccc(Cl)cn2)c1)c1ccc(F)cn1. The Hall–Kier alpha value is -3.97. The lowest BCUT2D eigenvalue weighted by Crippen LogP contribution is -2.09. The van der Waals surface area contributed by atoms with Gasteiger partial charge in [-0.05, 0) is 54.6 Å². The molecule has 180 valence electrons. The van der Waals surface area contributed by atoms with Crippen LogP contribution in [0.1, 0.15) is 59.1 Å². The van der Waals surface area contributed by atoms with E-state index in [4.69, 9.17) is 16.4 Å². The molecule has 0 bridgehead atoms. The van der Waals surface area contributed by atoms with Crippen LogP contribution in [0.3, 0.4) is 0 Å². The van der Waals surface area contributed by atoms with E-state index in [-0.39, 0.29) is 24.2 Å². The minimum Gasteiger partial charge on any atom is -0.385 e. The number of ketones is 1. The number of aromatic nitrogens is 3. The summed E-state index contributed by atoms with van der Waals surface area (Å²) in [5, 5.41) is 4.83. The zero-order chi connectivity index (χ0) is 25.1. The van der Waals surface area contributed by atoms with E-state index in [9.17, 15) is 9.18 Å². The molecule has 0 fully saturated rings. The molecule has 1 aromatic carbocycles. The van der Waals surface area contributed by atoms with E-state index in [1.54, 1.807) is 24.5 Å². The average Bonchev–Trinajstić information content (AvgIpc) is 3.40. The highest BCUT2D eigenvalue weighted by atomic mass is 35.5. The first-order valence-corrected chi connectivity index (χ1v) is 11.9. The van der Waals surface area contributed by atoms with Crippen molar-refractivity contribution in [3.63, 3.8) is 0 Å². The van der Waals surface area contributed by atoms with Crippen molar-refractivity contribution in [2.24, 2.45) is 5.16 Å². The van der Waals surface area contributed by atoms with E-state index < -0.39 is 5.82 Å². The molecular formula is C28H22ClFN4O2. The van der Waals surface area contributed by atoms with Crippen LogP contribution < -0.4 is 0 Å². The Labute approximate surface area is 212 Å². The van der Waals surface area contributed by atoms with Crippen molar-refractivity contribution in [3.05, 3.63) is 113 Å². The number of pyridine rings is 3. The van der Waals surface area contributed by atoms with Crippen LogP contribution in [0.5, 0.6) is 0 Å². The van der Waals surface area contributed by atoms with Crippen molar-refractivity contribution in [3.8, 4) is 11.3 Å². The zero-order valence-corrected chi connectivity index (χ0v) is 20.2. The molecule has 0 saturated heterocycles. The lowest BCUT2D eigenvalue weighted by molar-refractivity contribution is 0.0826. The number of hydrogen-bond donors (Lipinski definition) is 0. The first-order chi connectivity index (χ1) is 17.5. The standard InChI is InChI=1S/C28H22ClFN4O2/c1-17(23-8-6-22(30)16-33-23)10-27(35)20-12-18(24-7-5-21(29)15-32-24)11-19(13-20)26-14-28(36-34-26)25-4-2-3-9-31-25/h2-9,11-13,15-17,28H,10,14H2,1H3/t17-,28-/m0/s1. The molecule has 3 aromatic heterocycles. The minimum absolute atomic E-state index is 0.0634. The summed E-state index contributed by atoms with van der Waals surface area (Å²) in [6.45, 7) is 1.90. The highest BCUT2D eigenvalue weighted by Gasteiger charge is 2.26. The third-order valence-corrected chi connectivity index (χ3v) is 6.27. The van der Waals surface area contributed by atoms with Crippen LogP contribution >= 0.6 is 11.6 Å². The van der Waals surface area contributed by atoms with Crippen molar-refractivity contribution in [1.29, 1.82) is 0 Å². The maximum Gasteiger partial charge on any atom is 0.174 e. The summed E-state index contributed by atoms with van der Waals surface area (Å²) in [4.78, 5) is 32.0. The Morgan fingerprint density at radius 2 is 1.92 bits per heavy atom. The summed E-state index contributed by atoms with van der Waals surface area (Å²) in [7, 11) is 0. The van der Waals surface area contributed by atoms with Crippen molar-refractivity contribution < 1.29 is 14.0 Å². The van der Waals surface area contributed by atoms with Crippen molar-refractivity contribution in [1.82, 2.24) is 15.0 Å². The van der Waals surface area contributed by atoms with Gasteiger partial charge in [-0.1, -0.05) is 29.7 Å². The zero-order valence-electron chi connectivity index (χ0n) is 19.4. The number of Topliss-reactive ketones (excluding diaryl/α,β-unsaturated/α-hetero) is 1. The topological polar surface area (TPSA) is 77.3 Å². The molecule has 0 amide bonds. The predicted octanol–water partition coefficient (Wildman–Crippen LogP) is 6.57. The van der Waals surface area contributed by atoms with Gasteiger partial charge in [0.25, 0.3) is 0 Å². The molecule has 6 nitrogen and oxygen atoms in total. The summed E-state index contributed by atoms with van der Waals surface area (Å²) in [6, 6.07) is 17.8. The predicted molar refractivity (Wildman–Crippen MR) is 135 cm³/mol. The summed E-state index contributed by atoms with van der Waals surface area (Å²) < 4.78 is 13.3. The van der Waals surface area contributed by atoms with Crippen LogP contribution in [0.25, 0.3) is 11.3 Å². The molecule has 1 aliphatic rings. The number of nitrogens with zero attached hydrogens (tertiary/aromatic N) is 4. The van der Waals surface area contributed by atoms with Crippen LogP contribution in [-0.4, -0.2) is 26.4 Å². The number of carbonyl (C=O) groups is 1. The molecule has 0 N–H and O–H groups in total. The van der Waals surface area contributed by atoms with E-state index >= 15 is 0 Å². The summed E-state index contributed by atoms with van der Waals surface area (Å²) in [6.07, 6.45) is 4.91. The molecule has 0 aliphatic carbocycles. The van der Waals surface area contributed by atoms with Crippen molar-refractivity contribution in [2.75, 3.05) is 0 Å². The van der Waals surface area contributed by atoms with Gasteiger partial charge in [-0.3, -0.25) is 19.7 Å². The number of hydrogen-bond acceptors (Lipinski definition) is 6. The lowest BCUT2D eigenvalue weighted by atomic mass is 9.92. The lowest BCUT2D eigenvalue weighted by Gasteiger charge is -2.13. The van der Waals surface area contributed by atoms with E-state index in [1.165, 1.54) is 6.07 Å². The molecule has 4 aromatic rings.